The fourth-order valence-electron chi connectivity index (χ4n) is 1.58. The molecule has 1 heteroatoms. The number of aryl methyl sites for hydroxylation is 1. The third-order valence-corrected chi connectivity index (χ3v) is 2.41. The number of unbranched alkanes of at least 4 members (excludes halogenated alkanes) is 4. The summed E-state index contributed by atoms with van der Waals surface area (Å²) in [5.74, 6) is 2.13. The molecule has 0 aliphatic rings. The van der Waals surface area contributed by atoms with Gasteiger partial charge in [-0.15, -0.1) is 0 Å². The van der Waals surface area contributed by atoms with Gasteiger partial charge >= 0.3 is 82.0 Å². The number of rotatable bonds is 6. The first-order chi connectivity index (χ1) is 6.43. The zero-order valence-electron chi connectivity index (χ0n) is 8.63. The quantitative estimate of drug-likeness (QED) is 0.578. The van der Waals surface area contributed by atoms with E-state index in [2.05, 4.69) is 38.0 Å². The molecule has 0 saturated carbocycles. The van der Waals surface area contributed by atoms with Gasteiger partial charge < -0.3 is 0 Å². The Balaban J connectivity index is 2.07. The van der Waals surface area contributed by atoms with Crippen LogP contribution in [0.1, 0.15) is 44.5 Å². The van der Waals surface area contributed by atoms with Crippen molar-refractivity contribution in [1.82, 2.24) is 0 Å². The Hall–Kier alpha value is -0.585. The fraction of sp³-hybridized carbons (Fsp3) is 0.583. The van der Waals surface area contributed by atoms with Crippen LogP contribution in [-0.4, -0.2) is 6.91 Å². The molecule has 0 spiro atoms. The van der Waals surface area contributed by atoms with Gasteiger partial charge in [-0.25, -0.2) is 0 Å². The summed E-state index contributed by atoms with van der Waals surface area (Å²) in [6.45, 7) is 4.48. The molecule has 0 aliphatic heterocycles. The first-order valence-corrected chi connectivity index (χ1v) is 5.47. The summed E-state index contributed by atoms with van der Waals surface area (Å²) >= 11 is 0. The Morgan fingerprint density at radius 2 is 1.92 bits per heavy atom. The van der Waals surface area contributed by atoms with Gasteiger partial charge in [-0.05, 0) is 0 Å². The van der Waals surface area contributed by atoms with Crippen molar-refractivity contribution in [3.05, 3.63) is 29.6 Å². The summed E-state index contributed by atoms with van der Waals surface area (Å²) in [4.78, 5) is 0. The molecule has 1 aromatic rings. The van der Waals surface area contributed by atoms with Gasteiger partial charge in [0.2, 0.25) is 0 Å². The summed E-state index contributed by atoms with van der Waals surface area (Å²) < 4.78 is 0. The van der Waals surface area contributed by atoms with Crippen LogP contribution in [0.2, 0.25) is 0 Å². The first kappa shape index (κ1) is 10.5. The average Bonchev–Trinajstić information content (AvgIpc) is 2.19. The van der Waals surface area contributed by atoms with Crippen molar-refractivity contribution in [2.24, 2.45) is 0 Å². The van der Waals surface area contributed by atoms with Crippen LogP contribution < -0.4 is 0 Å². The van der Waals surface area contributed by atoms with Gasteiger partial charge in [-0.2, -0.15) is 0 Å². The monoisotopic (exact) mass is 174 g/mol. The van der Waals surface area contributed by atoms with Gasteiger partial charge in [0, 0.05) is 0 Å². The maximum atomic E-state index is 2.26. The van der Waals surface area contributed by atoms with Gasteiger partial charge in [0.15, 0.2) is 0 Å². The molecule has 1 rings (SSSR count). The molecule has 0 bridgehead atoms. The molecule has 1 aromatic heterocycles. The van der Waals surface area contributed by atoms with E-state index >= 15 is 0 Å². The van der Waals surface area contributed by atoms with E-state index in [1.807, 2.05) is 0 Å². The van der Waals surface area contributed by atoms with Crippen molar-refractivity contribution >= 4 is 6.91 Å². The SMILES string of the molecule is CCCCCCCc1bcccc1. The molecule has 0 unspecified atom stereocenters. The van der Waals surface area contributed by atoms with Gasteiger partial charge in [0.1, 0.15) is 0 Å². The van der Waals surface area contributed by atoms with Gasteiger partial charge in [-0.3, -0.25) is 0 Å². The summed E-state index contributed by atoms with van der Waals surface area (Å²) in [6, 6.07) is 6.43. The topological polar surface area (TPSA) is 0 Å². The van der Waals surface area contributed by atoms with Crippen molar-refractivity contribution in [3.63, 3.8) is 0 Å². The Morgan fingerprint density at radius 3 is 2.62 bits per heavy atom. The number of hydrogen-bond donors (Lipinski definition) is 0. The van der Waals surface area contributed by atoms with Crippen LogP contribution in [0.4, 0.5) is 0 Å². The molecular weight excluding hydrogens is 155 g/mol. The summed E-state index contributed by atoms with van der Waals surface area (Å²) in [5, 5.41) is 0. The van der Waals surface area contributed by atoms with Crippen molar-refractivity contribution in [3.8, 4) is 0 Å². The molecule has 13 heavy (non-hydrogen) atoms. The maximum absolute atomic E-state index is 2.26. The summed E-state index contributed by atoms with van der Waals surface area (Å²) in [5.41, 5.74) is 1.49. The van der Waals surface area contributed by atoms with Crippen molar-refractivity contribution in [1.29, 1.82) is 0 Å². The fourth-order valence-corrected chi connectivity index (χ4v) is 1.58. The standard InChI is InChI=1S/C12H19B/c1-2-3-4-5-6-9-12-10-7-8-11-13-12/h7-8,10-11H,2-6,9H2,1H3. The Labute approximate surface area is 82.6 Å². The van der Waals surface area contributed by atoms with E-state index in [0.717, 1.165) is 0 Å². The van der Waals surface area contributed by atoms with E-state index < -0.39 is 0 Å². The van der Waals surface area contributed by atoms with Crippen LogP contribution in [0.3, 0.4) is 0 Å². The van der Waals surface area contributed by atoms with Crippen LogP contribution in [0.25, 0.3) is 0 Å². The van der Waals surface area contributed by atoms with Crippen LogP contribution in [0.5, 0.6) is 0 Å². The van der Waals surface area contributed by atoms with Gasteiger partial charge in [-0.1, -0.05) is 0 Å². The Kier molecular flexibility index (Phi) is 5.55. The minimum atomic E-state index is 1.25. The summed E-state index contributed by atoms with van der Waals surface area (Å²) in [6.07, 6.45) is 8.14. The van der Waals surface area contributed by atoms with Gasteiger partial charge in [0.05, 0.1) is 0 Å². The molecule has 0 aliphatic carbocycles. The predicted molar refractivity (Wildman–Crippen MR) is 60.3 cm³/mol. The first-order valence-electron chi connectivity index (χ1n) is 5.47. The van der Waals surface area contributed by atoms with E-state index in [4.69, 9.17) is 0 Å². The second kappa shape index (κ2) is 6.88. The van der Waals surface area contributed by atoms with E-state index in [0.29, 0.717) is 0 Å². The molecule has 0 radical (unpaired) electrons. The van der Waals surface area contributed by atoms with Crippen LogP contribution in [-0.2, 0) is 6.42 Å². The van der Waals surface area contributed by atoms with Crippen LogP contribution >= 0.6 is 0 Å². The molecule has 0 atom stereocenters. The molecule has 0 N–H and O–H groups in total. The molecule has 0 nitrogen and oxygen atoms in total. The van der Waals surface area contributed by atoms with Crippen molar-refractivity contribution < 1.29 is 0 Å². The van der Waals surface area contributed by atoms with E-state index in [1.54, 1.807) is 0 Å². The van der Waals surface area contributed by atoms with E-state index in [-0.39, 0.29) is 0 Å². The zero-order valence-corrected chi connectivity index (χ0v) is 8.63. The predicted octanol–water partition coefficient (Wildman–Crippen LogP) is 3.54. The molecule has 0 fully saturated rings. The second-order valence-electron chi connectivity index (χ2n) is 3.65. The van der Waals surface area contributed by atoms with Crippen molar-refractivity contribution in [2.75, 3.05) is 0 Å². The van der Waals surface area contributed by atoms with E-state index in [1.165, 1.54) is 44.0 Å². The normalized spacial score (nSPS) is 9.92. The molecular formula is C12H19B. The minimum absolute atomic E-state index is 1.25. The third-order valence-electron chi connectivity index (χ3n) is 2.41. The number of hydrogen-bond acceptors (Lipinski definition) is 0. The van der Waals surface area contributed by atoms with E-state index in [9.17, 15) is 0 Å². The Bertz CT molecular complexity index is 206. The molecule has 70 valence electrons. The Morgan fingerprint density at radius 1 is 1.08 bits per heavy atom. The zero-order chi connectivity index (χ0) is 9.36. The summed E-state index contributed by atoms with van der Waals surface area (Å²) in [7, 11) is 0. The van der Waals surface area contributed by atoms with Crippen LogP contribution in [0, 0.1) is 0 Å². The second-order valence-corrected chi connectivity index (χ2v) is 3.65. The molecule has 1 heterocycles. The third kappa shape index (κ3) is 4.87. The molecule has 0 aromatic carbocycles. The molecule has 0 amide bonds. The molecule has 0 saturated heterocycles. The average molecular weight is 174 g/mol. The van der Waals surface area contributed by atoms with Crippen molar-refractivity contribution in [2.45, 2.75) is 45.4 Å². The van der Waals surface area contributed by atoms with Crippen LogP contribution in [0.15, 0.2) is 24.2 Å². The van der Waals surface area contributed by atoms with Gasteiger partial charge in [0.25, 0.3) is 0 Å².